The summed E-state index contributed by atoms with van der Waals surface area (Å²) in [5.74, 6) is 0. The second-order valence-corrected chi connectivity index (χ2v) is 2.60. The summed E-state index contributed by atoms with van der Waals surface area (Å²) in [5.41, 5.74) is 1.24. The summed E-state index contributed by atoms with van der Waals surface area (Å²) < 4.78 is 0. The van der Waals surface area contributed by atoms with Crippen LogP contribution in [0.2, 0.25) is 0 Å². The van der Waals surface area contributed by atoms with Crippen LogP contribution in [0.3, 0.4) is 0 Å². The fraction of sp³-hybridized carbons (Fsp3) is 0.111. The molecule has 0 unspecified atom stereocenters. The van der Waals surface area contributed by atoms with Crippen LogP contribution in [0.15, 0.2) is 41.8 Å². The van der Waals surface area contributed by atoms with Crippen LogP contribution in [0, 0.1) is 0 Å². The van der Waals surface area contributed by atoms with Crippen molar-refractivity contribution in [3.8, 4) is 0 Å². The first-order valence-corrected chi connectivity index (χ1v) is 3.67. The molecule has 11 heavy (non-hydrogen) atoms. The van der Waals surface area contributed by atoms with Crippen LogP contribution in [0.4, 0.5) is 0 Å². The number of benzene rings is 1. The fourth-order valence-electron chi connectivity index (χ4n) is 0.839. The Morgan fingerprint density at radius 3 is 2.55 bits per heavy atom. The van der Waals surface area contributed by atoms with Gasteiger partial charge in [-0.1, -0.05) is 24.3 Å². The van der Waals surface area contributed by atoms with E-state index >= 15 is 0 Å². The SMILES string of the molecule is C=CCc1ccccc1S.[CaH2]. The Kier molecular flexibility index (Phi) is 6.44. The van der Waals surface area contributed by atoms with Crippen molar-refractivity contribution in [2.24, 2.45) is 0 Å². The molecule has 0 bridgehead atoms. The van der Waals surface area contributed by atoms with Crippen LogP contribution in [0.1, 0.15) is 5.56 Å². The molecule has 0 aromatic heterocycles. The van der Waals surface area contributed by atoms with Gasteiger partial charge in [-0.05, 0) is 18.1 Å². The molecule has 0 heterocycles. The Bertz CT molecular complexity index is 233. The number of hydrogen-bond acceptors (Lipinski definition) is 1. The van der Waals surface area contributed by atoms with Crippen LogP contribution in [0.5, 0.6) is 0 Å². The van der Waals surface area contributed by atoms with Gasteiger partial charge in [-0.25, -0.2) is 0 Å². The second-order valence-electron chi connectivity index (χ2n) is 2.12. The van der Waals surface area contributed by atoms with E-state index in [2.05, 4.69) is 25.3 Å². The van der Waals surface area contributed by atoms with Gasteiger partial charge in [-0.3, -0.25) is 0 Å². The first kappa shape index (κ1) is 11.6. The van der Waals surface area contributed by atoms with Crippen LogP contribution in [-0.4, -0.2) is 37.7 Å². The molecule has 1 rings (SSSR count). The normalized spacial score (nSPS) is 8.45. The Hall–Kier alpha value is 0.570. The van der Waals surface area contributed by atoms with E-state index in [0.717, 1.165) is 11.3 Å². The van der Waals surface area contributed by atoms with Crippen molar-refractivity contribution in [1.29, 1.82) is 0 Å². The molecule has 0 aliphatic heterocycles. The topological polar surface area (TPSA) is 0 Å². The first-order chi connectivity index (χ1) is 4.84. The number of hydrogen-bond donors (Lipinski definition) is 1. The molecule has 0 saturated carbocycles. The Balaban J connectivity index is 0.000001000. The molecule has 56 valence electrons. The van der Waals surface area contributed by atoms with Crippen molar-refractivity contribution < 1.29 is 0 Å². The van der Waals surface area contributed by atoms with Gasteiger partial charge in [0.25, 0.3) is 0 Å². The summed E-state index contributed by atoms with van der Waals surface area (Å²) in [6, 6.07) is 8.04. The summed E-state index contributed by atoms with van der Waals surface area (Å²) in [4.78, 5) is 1.04. The third-order valence-electron chi connectivity index (χ3n) is 1.36. The van der Waals surface area contributed by atoms with Crippen molar-refractivity contribution in [3.63, 3.8) is 0 Å². The third kappa shape index (κ3) is 3.66. The molecule has 1 aromatic carbocycles. The Morgan fingerprint density at radius 1 is 1.36 bits per heavy atom. The predicted molar refractivity (Wildman–Crippen MR) is 56.1 cm³/mol. The van der Waals surface area contributed by atoms with E-state index in [1.54, 1.807) is 0 Å². The average molecular weight is 192 g/mol. The van der Waals surface area contributed by atoms with Crippen molar-refractivity contribution in [3.05, 3.63) is 42.5 Å². The van der Waals surface area contributed by atoms with E-state index in [-0.39, 0.29) is 37.7 Å². The molecule has 1 aromatic rings. The first-order valence-electron chi connectivity index (χ1n) is 3.22. The van der Waals surface area contributed by atoms with E-state index in [1.165, 1.54) is 5.56 Å². The molecule has 2 heteroatoms. The molecule has 0 radical (unpaired) electrons. The molecule has 0 N–H and O–H groups in total. The standard InChI is InChI=1S/C9H10S.Ca.2H/c1-2-5-8-6-3-4-7-9(8)10;;;/h2-4,6-7,10H,1,5H2;;;. The van der Waals surface area contributed by atoms with E-state index in [4.69, 9.17) is 0 Å². The van der Waals surface area contributed by atoms with Crippen LogP contribution >= 0.6 is 12.6 Å². The number of allylic oxidation sites excluding steroid dienone is 1. The molecule has 0 aliphatic carbocycles. The molecule has 0 aliphatic rings. The summed E-state index contributed by atoms with van der Waals surface area (Å²) in [5, 5.41) is 0. The summed E-state index contributed by atoms with van der Waals surface area (Å²) in [6.07, 6.45) is 2.79. The quantitative estimate of drug-likeness (QED) is 0.412. The summed E-state index contributed by atoms with van der Waals surface area (Å²) in [7, 11) is 0. The van der Waals surface area contributed by atoms with Gasteiger partial charge in [0, 0.05) is 4.90 Å². The van der Waals surface area contributed by atoms with Gasteiger partial charge in [-0.15, -0.1) is 19.2 Å². The van der Waals surface area contributed by atoms with E-state index in [0.29, 0.717) is 0 Å². The van der Waals surface area contributed by atoms with Gasteiger partial charge in [0.2, 0.25) is 0 Å². The van der Waals surface area contributed by atoms with E-state index in [9.17, 15) is 0 Å². The molecule has 0 nitrogen and oxygen atoms in total. The van der Waals surface area contributed by atoms with Gasteiger partial charge in [0.05, 0.1) is 0 Å². The van der Waals surface area contributed by atoms with E-state index in [1.807, 2.05) is 24.3 Å². The van der Waals surface area contributed by atoms with Crippen molar-refractivity contribution in [2.75, 3.05) is 0 Å². The van der Waals surface area contributed by atoms with Gasteiger partial charge < -0.3 is 0 Å². The minimum atomic E-state index is 0. The predicted octanol–water partition coefficient (Wildman–Crippen LogP) is 1.79. The molecule has 0 fully saturated rings. The molecule has 0 spiro atoms. The third-order valence-corrected chi connectivity index (χ3v) is 1.79. The van der Waals surface area contributed by atoms with Crippen LogP contribution in [-0.2, 0) is 6.42 Å². The van der Waals surface area contributed by atoms with Crippen LogP contribution in [0.25, 0.3) is 0 Å². The van der Waals surface area contributed by atoms with Crippen molar-refractivity contribution in [1.82, 2.24) is 0 Å². The second kappa shape index (κ2) is 6.13. The Morgan fingerprint density at radius 2 is 2.00 bits per heavy atom. The summed E-state index contributed by atoms with van der Waals surface area (Å²) >= 11 is 4.28. The molecular formula is C9H12CaS. The summed E-state index contributed by atoms with van der Waals surface area (Å²) in [6.45, 7) is 3.66. The van der Waals surface area contributed by atoms with Crippen molar-refractivity contribution in [2.45, 2.75) is 11.3 Å². The van der Waals surface area contributed by atoms with Gasteiger partial charge in [0.1, 0.15) is 0 Å². The zero-order chi connectivity index (χ0) is 7.40. The zero-order valence-electron chi connectivity index (χ0n) is 5.75. The van der Waals surface area contributed by atoms with Gasteiger partial charge in [-0.2, -0.15) is 0 Å². The van der Waals surface area contributed by atoms with E-state index < -0.39 is 0 Å². The monoisotopic (exact) mass is 192 g/mol. The molecule has 0 amide bonds. The Labute approximate surface area is 103 Å². The number of thiol groups is 1. The average Bonchev–Trinajstić information content (AvgIpc) is 1.94. The van der Waals surface area contributed by atoms with Crippen molar-refractivity contribution >= 4 is 50.4 Å². The van der Waals surface area contributed by atoms with Gasteiger partial charge in [0.15, 0.2) is 0 Å². The van der Waals surface area contributed by atoms with Crippen LogP contribution < -0.4 is 0 Å². The minimum absolute atomic E-state index is 0. The number of rotatable bonds is 2. The fourth-order valence-corrected chi connectivity index (χ4v) is 1.09. The molecular weight excluding hydrogens is 180 g/mol. The molecule has 0 saturated heterocycles. The maximum atomic E-state index is 4.28. The zero-order valence-corrected chi connectivity index (χ0v) is 6.64. The van der Waals surface area contributed by atoms with Gasteiger partial charge >= 0.3 is 37.7 Å². The maximum absolute atomic E-state index is 4.28. The molecule has 0 atom stereocenters.